The highest BCUT2D eigenvalue weighted by Crippen LogP contribution is 2.37. The van der Waals surface area contributed by atoms with Crippen molar-refractivity contribution in [3.63, 3.8) is 0 Å². The van der Waals surface area contributed by atoms with Crippen LogP contribution in [0.3, 0.4) is 0 Å². The molecule has 5 rings (SSSR count). The van der Waals surface area contributed by atoms with E-state index in [2.05, 4.69) is 18.7 Å². The molecule has 3 aromatic carbocycles. The number of benzene rings is 3. The van der Waals surface area contributed by atoms with E-state index in [0.717, 1.165) is 60.6 Å². The highest BCUT2D eigenvalue weighted by atomic mass is 35.5. The predicted octanol–water partition coefficient (Wildman–Crippen LogP) is 7.02. The number of carbonyl (C=O) groups excluding carboxylic acids is 1. The summed E-state index contributed by atoms with van der Waals surface area (Å²) in [6.45, 7) is 8.45. The summed E-state index contributed by atoms with van der Waals surface area (Å²) in [5, 5.41) is 1.64. The molecule has 0 bridgehead atoms. The number of nitrogens with zero attached hydrogens (tertiary/aromatic N) is 2. The molecule has 0 spiro atoms. The molecule has 0 amide bonds. The van der Waals surface area contributed by atoms with Crippen LogP contribution in [-0.4, -0.2) is 48.1 Å². The standard InChI is InChI=1S/C30H30ClFN2O2/c1-30(2,20-33-13-15-36-16-14-33)18-29(35)21-7-12-25-26(24-5-3-4-6-27(24)31)19-34(28(25)17-21)23-10-8-22(32)9-11-23/h3-12,17,19H,13-16,18,20H2,1-2H3. The van der Waals surface area contributed by atoms with E-state index in [1.54, 1.807) is 12.1 Å². The number of aromatic nitrogens is 1. The van der Waals surface area contributed by atoms with Crippen LogP contribution < -0.4 is 0 Å². The van der Waals surface area contributed by atoms with E-state index in [1.165, 1.54) is 12.1 Å². The Morgan fingerprint density at radius 1 is 1.00 bits per heavy atom. The van der Waals surface area contributed by atoms with E-state index in [0.29, 0.717) is 17.0 Å². The molecule has 1 saturated heterocycles. The molecule has 1 aliphatic rings. The largest absolute Gasteiger partial charge is 0.379 e. The van der Waals surface area contributed by atoms with Gasteiger partial charge >= 0.3 is 0 Å². The van der Waals surface area contributed by atoms with E-state index >= 15 is 0 Å². The minimum absolute atomic E-state index is 0.112. The number of ether oxygens (including phenoxy) is 1. The number of hydrogen-bond acceptors (Lipinski definition) is 3. The minimum Gasteiger partial charge on any atom is -0.379 e. The fourth-order valence-electron chi connectivity index (χ4n) is 5.07. The molecule has 4 nitrogen and oxygen atoms in total. The van der Waals surface area contributed by atoms with Crippen molar-refractivity contribution in [2.45, 2.75) is 20.3 Å². The number of carbonyl (C=O) groups is 1. The number of halogens is 2. The second-order valence-electron chi connectivity index (χ2n) is 10.3. The Bertz CT molecular complexity index is 1390. The Balaban J connectivity index is 1.52. The second-order valence-corrected chi connectivity index (χ2v) is 10.7. The first kappa shape index (κ1) is 24.7. The summed E-state index contributed by atoms with van der Waals surface area (Å²) in [5.74, 6) is -0.179. The molecule has 0 atom stereocenters. The molecule has 4 aromatic rings. The molecule has 0 saturated carbocycles. The second kappa shape index (κ2) is 10.2. The zero-order chi connectivity index (χ0) is 25.3. The van der Waals surface area contributed by atoms with Gasteiger partial charge in [0.1, 0.15) is 5.82 Å². The zero-order valence-corrected chi connectivity index (χ0v) is 21.4. The number of morpholine rings is 1. The highest BCUT2D eigenvalue weighted by molar-refractivity contribution is 6.33. The summed E-state index contributed by atoms with van der Waals surface area (Å²) >= 11 is 6.54. The van der Waals surface area contributed by atoms with Crippen LogP contribution in [-0.2, 0) is 4.74 Å². The first-order valence-corrected chi connectivity index (χ1v) is 12.7. The van der Waals surface area contributed by atoms with Crippen LogP contribution in [0.25, 0.3) is 27.7 Å². The SMILES string of the molecule is CC(C)(CC(=O)c1ccc2c(-c3ccccc3Cl)cn(-c3ccc(F)cc3)c2c1)CN1CCOCC1. The Labute approximate surface area is 216 Å². The monoisotopic (exact) mass is 504 g/mol. The van der Waals surface area contributed by atoms with Gasteiger partial charge in [-0.1, -0.05) is 55.8 Å². The van der Waals surface area contributed by atoms with Crippen LogP contribution >= 0.6 is 11.6 Å². The van der Waals surface area contributed by atoms with Gasteiger partial charge in [0.05, 0.1) is 18.7 Å². The van der Waals surface area contributed by atoms with Gasteiger partial charge in [0, 0.05) is 65.0 Å². The molecular weight excluding hydrogens is 475 g/mol. The van der Waals surface area contributed by atoms with E-state index in [-0.39, 0.29) is 17.0 Å². The molecule has 0 N–H and O–H groups in total. The van der Waals surface area contributed by atoms with Gasteiger partial charge in [-0.2, -0.15) is 0 Å². The van der Waals surface area contributed by atoms with Gasteiger partial charge < -0.3 is 9.30 Å². The van der Waals surface area contributed by atoms with E-state index in [4.69, 9.17) is 16.3 Å². The Morgan fingerprint density at radius 2 is 1.72 bits per heavy atom. The average Bonchev–Trinajstić information content (AvgIpc) is 3.23. The van der Waals surface area contributed by atoms with Crippen LogP contribution in [0, 0.1) is 11.2 Å². The lowest BCUT2D eigenvalue weighted by Gasteiger charge is -2.34. The van der Waals surface area contributed by atoms with Crippen LogP contribution in [0.15, 0.2) is 72.9 Å². The quantitative estimate of drug-likeness (QED) is 0.254. The molecule has 186 valence electrons. The maximum atomic E-state index is 13.7. The van der Waals surface area contributed by atoms with Crippen molar-refractivity contribution in [1.82, 2.24) is 9.47 Å². The normalized spacial score (nSPS) is 14.9. The molecular formula is C30H30ClFN2O2. The number of rotatable bonds is 7. The third-order valence-corrected chi connectivity index (χ3v) is 7.12. The topological polar surface area (TPSA) is 34.5 Å². The molecule has 0 unspecified atom stereocenters. The van der Waals surface area contributed by atoms with Crippen LogP contribution in [0.1, 0.15) is 30.6 Å². The van der Waals surface area contributed by atoms with Crippen LogP contribution in [0.2, 0.25) is 5.02 Å². The molecule has 1 fully saturated rings. The number of fused-ring (bicyclic) bond motifs is 1. The van der Waals surface area contributed by atoms with Gasteiger partial charge in [-0.3, -0.25) is 9.69 Å². The van der Waals surface area contributed by atoms with Crippen molar-refractivity contribution in [3.8, 4) is 16.8 Å². The van der Waals surface area contributed by atoms with Crippen molar-refractivity contribution in [3.05, 3.63) is 89.3 Å². The molecule has 1 aromatic heterocycles. The summed E-state index contributed by atoms with van der Waals surface area (Å²) in [5.41, 5.74) is 4.09. The summed E-state index contributed by atoms with van der Waals surface area (Å²) in [7, 11) is 0. The van der Waals surface area contributed by atoms with Gasteiger partial charge in [0.2, 0.25) is 0 Å². The highest BCUT2D eigenvalue weighted by Gasteiger charge is 2.27. The fraction of sp³-hybridized carbons (Fsp3) is 0.300. The van der Waals surface area contributed by atoms with Gasteiger partial charge in [0.25, 0.3) is 0 Å². The van der Waals surface area contributed by atoms with E-state index < -0.39 is 0 Å². The average molecular weight is 505 g/mol. The number of ketones is 1. The summed E-state index contributed by atoms with van der Waals surface area (Å²) in [6.07, 6.45) is 2.46. The third kappa shape index (κ3) is 5.24. The predicted molar refractivity (Wildman–Crippen MR) is 144 cm³/mol. The van der Waals surface area contributed by atoms with Crippen molar-refractivity contribution in [1.29, 1.82) is 0 Å². The maximum absolute atomic E-state index is 13.7. The Hall–Kier alpha value is -2.99. The van der Waals surface area contributed by atoms with E-state index in [9.17, 15) is 9.18 Å². The lowest BCUT2D eigenvalue weighted by molar-refractivity contribution is 0.0203. The molecule has 6 heteroatoms. The van der Waals surface area contributed by atoms with E-state index in [1.807, 2.05) is 53.2 Å². The molecule has 0 radical (unpaired) electrons. The maximum Gasteiger partial charge on any atom is 0.163 e. The lowest BCUT2D eigenvalue weighted by atomic mass is 9.84. The van der Waals surface area contributed by atoms with Crippen molar-refractivity contribution >= 4 is 28.3 Å². The number of hydrogen-bond donors (Lipinski definition) is 0. The zero-order valence-electron chi connectivity index (χ0n) is 20.6. The van der Waals surface area contributed by atoms with Crippen molar-refractivity contribution < 1.29 is 13.9 Å². The van der Waals surface area contributed by atoms with Crippen LogP contribution in [0.5, 0.6) is 0 Å². The minimum atomic E-state index is -0.292. The smallest absolute Gasteiger partial charge is 0.163 e. The summed E-state index contributed by atoms with van der Waals surface area (Å²) in [6, 6.07) is 19.9. The fourth-order valence-corrected chi connectivity index (χ4v) is 5.30. The third-order valence-electron chi connectivity index (χ3n) is 6.79. The lowest BCUT2D eigenvalue weighted by Crippen LogP contribution is -2.42. The molecule has 0 aliphatic carbocycles. The van der Waals surface area contributed by atoms with Gasteiger partial charge in [-0.05, 0) is 41.8 Å². The van der Waals surface area contributed by atoms with Crippen molar-refractivity contribution in [2.75, 3.05) is 32.8 Å². The Morgan fingerprint density at radius 3 is 2.44 bits per heavy atom. The molecule has 36 heavy (non-hydrogen) atoms. The van der Waals surface area contributed by atoms with Gasteiger partial charge in [-0.15, -0.1) is 0 Å². The van der Waals surface area contributed by atoms with Crippen LogP contribution in [0.4, 0.5) is 4.39 Å². The summed E-state index contributed by atoms with van der Waals surface area (Å²) in [4.78, 5) is 15.8. The van der Waals surface area contributed by atoms with Gasteiger partial charge in [0.15, 0.2) is 5.78 Å². The van der Waals surface area contributed by atoms with Gasteiger partial charge in [-0.25, -0.2) is 4.39 Å². The van der Waals surface area contributed by atoms with Crippen molar-refractivity contribution in [2.24, 2.45) is 5.41 Å². The number of Topliss-reactive ketones (excluding diaryl/α,β-unsaturated/α-hetero) is 1. The Kier molecular flexibility index (Phi) is 6.98. The summed E-state index contributed by atoms with van der Waals surface area (Å²) < 4.78 is 21.1. The first-order valence-electron chi connectivity index (χ1n) is 12.3. The first-order chi connectivity index (χ1) is 17.3. The molecule has 2 heterocycles. The molecule has 1 aliphatic heterocycles.